The summed E-state index contributed by atoms with van der Waals surface area (Å²) in [5, 5.41) is 0. The maximum Gasteiger partial charge on any atom is 0.214 e. The molecule has 1 rings (SSSR count). The smallest absolute Gasteiger partial charge is 0.214 e. The van der Waals surface area contributed by atoms with E-state index in [9.17, 15) is 4.79 Å². The van der Waals surface area contributed by atoms with Gasteiger partial charge in [-0.15, -0.1) is 0 Å². The van der Waals surface area contributed by atoms with Gasteiger partial charge in [-0.25, -0.2) is 0 Å². The first-order chi connectivity index (χ1) is 7.38. The number of rotatable bonds is 5. The largest absolute Gasteiger partial charge is 0.330 e. The van der Waals surface area contributed by atoms with Crippen LogP contribution in [0.4, 0.5) is 0 Å². The van der Waals surface area contributed by atoms with Gasteiger partial charge < -0.3 is 10.6 Å². The van der Waals surface area contributed by atoms with E-state index < -0.39 is 0 Å². The van der Waals surface area contributed by atoms with Gasteiger partial charge in [-0.2, -0.15) is 0 Å². The van der Waals surface area contributed by atoms with Gasteiger partial charge in [0, 0.05) is 12.2 Å². The second kappa shape index (κ2) is 6.79. The Morgan fingerprint density at radius 3 is 2.67 bits per heavy atom. The minimum atomic E-state index is 0.594. The molecule has 1 aliphatic carbocycles. The molecule has 0 heterocycles. The molecule has 1 aliphatic rings. The predicted octanol–water partition coefficient (Wildman–Crippen LogP) is 1.36. The van der Waals surface area contributed by atoms with Crippen LogP contribution in [0.1, 0.15) is 6.42 Å². The monoisotopic (exact) mass is 204 g/mol. The van der Waals surface area contributed by atoms with Crippen LogP contribution in [-0.4, -0.2) is 24.4 Å². The second-order valence-corrected chi connectivity index (χ2v) is 3.16. The lowest BCUT2D eigenvalue weighted by Crippen LogP contribution is -2.23. The van der Waals surface area contributed by atoms with Gasteiger partial charge in [-0.1, -0.05) is 30.4 Å². The third-order valence-corrected chi connectivity index (χ3v) is 2.04. The lowest BCUT2D eigenvalue weighted by Gasteiger charge is -2.17. The first kappa shape index (κ1) is 11.5. The average molecular weight is 204 g/mol. The Morgan fingerprint density at radius 1 is 1.20 bits per heavy atom. The lowest BCUT2D eigenvalue weighted by atomic mass is 10.2. The van der Waals surface area contributed by atoms with Crippen molar-refractivity contribution in [2.24, 2.45) is 5.73 Å². The van der Waals surface area contributed by atoms with Crippen molar-refractivity contribution in [1.29, 1.82) is 0 Å². The highest BCUT2D eigenvalue weighted by Crippen LogP contribution is 2.07. The average Bonchev–Trinajstić information content (AvgIpc) is 2.21. The maximum atomic E-state index is 10.9. The molecule has 3 heteroatoms. The lowest BCUT2D eigenvalue weighted by molar-refractivity contribution is -0.116. The molecule has 0 fully saturated rings. The van der Waals surface area contributed by atoms with E-state index in [-0.39, 0.29) is 0 Å². The van der Waals surface area contributed by atoms with Crippen molar-refractivity contribution >= 4 is 6.41 Å². The van der Waals surface area contributed by atoms with E-state index >= 15 is 0 Å². The summed E-state index contributed by atoms with van der Waals surface area (Å²) in [7, 11) is 0. The molecule has 0 aliphatic heterocycles. The molecule has 0 spiro atoms. The summed E-state index contributed by atoms with van der Waals surface area (Å²) in [6, 6.07) is 0. The van der Waals surface area contributed by atoms with Crippen LogP contribution >= 0.6 is 0 Å². The summed E-state index contributed by atoms with van der Waals surface area (Å²) in [6.45, 7) is 1.25. The van der Waals surface area contributed by atoms with Crippen LogP contribution < -0.4 is 5.73 Å². The molecule has 0 aromatic carbocycles. The highest BCUT2D eigenvalue weighted by Gasteiger charge is 2.03. The third kappa shape index (κ3) is 3.95. The van der Waals surface area contributed by atoms with Crippen molar-refractivity contribution in [3.05, 3.63) is 48.2 Å². The molecule has 2 N–H and O–H groups in total. The van der Waals surface area contributed by atoms with Crippen LogP contribution in [0.25, 0.3) is 0 Å². The van der Waals surface area contributed by atoms with E-state index in [2.05, 4.69) is 0 Å². The Bertz CT molecular complexity index is 314. The standard InChI is InChI=1S/C12H16N2O/c13-9-6-10-14(11-15)12-7-4-2-1-3-5-8-12/h1-5,7-8,11H,6,9-10,13H2. The molecule has 0 saturated heterocycles. The molecule has 1 amide bonds. The fourth-order valence-electron chi connectivity index (χ4n) is 1.25. The molecular formula is C12H16N2O. The van der Waals surface area contributed by atoms with E-state index in [1.54, 1.807) is 4.90 Å². The number of carbonyl (C=O) groups excluding carboxylic acids is 1. The van der Waals surface area contributed by atoms with E-state index in [4.69, 9.17) is 5.73 Å². The summed E-state index contributed by atoms with van der Waals surface area (Å²) >= 11 is 0. The van der Waals surface area contributed by atoms with Gasteiger partial charge in [0.25, 0.3) is 0 Å². The van der Waals surface area contributed by atoms with Crippen molar-refractivity contribution in [2.45, 2.75) is 6.42 Å². The van der Waals surface area contributed by atoms with Gasteiger partial charge in [-0.05, 0) is 25.1 Å². The number of nitrogens with zero attached hydrogens (tertiary/aromatic N) is 1. The van der Waals surface area contributed by atoms with Crippen LogP contribution in [0.15, 0.2) is 48.2 Å². The van der Waals surface area contributed by atoms with E-state index in [0.29, 0.717) is 13.1 Å². The van der Waals surface area contributed by atoms with E-state index in [1.807, 2.05) is 42.5 Å². The van der Waals surface area contributed by atoms with Crippen LogP contribution in [0, 0.1) is 0 Å². The number of hydrogen-bond donors (Lipinski definition) is 1. The minimum Gasteiger partial charge on any atom is -0.330 e. The molecule has 0 atom stereocenters. The zero-order valence-electron chi connectivity index (χ0n) is 8.67. The summed E-state index contributed by atoms with van der Waals surface area (Å²) in [5.41, 5.74) is 6.30. The highest BCUT2D eigenvalue weighted by molar-refractivity contribution is 5.53. The molecule has 0 aromatic rings. The van der Waals surface area contributed by atoms with Gasteiger partial charge in [0.15, 0.2) is 0 Å². The van der Waals surface area contributed by atoms with Crippen molar-refractivity contribution in [3.63, 3.8) is 0 Å². The Hall–Kier alpha value is -1.61. The Balaban J connectivity index is 2.69. The topological polar surface area (TPSA) is 46.3 Å². The van der Waals surface area contributed by atoms with Crippen molar-refractivity contribution in [2.75, 3.05) is 13.1 Å². The first-order valence-electron chi connectivity index (χ1n) is 5.02. The fraction of sp³-hybridized carbons (Fsp3) is 0.250. The highest BCUT2D eigenvalue weighted by atomic mass is 16.1. The Kier molecular flexibility index (Phi) is 5.19. The van der Waals surface area contributed by atoms with Crippen LogP contribution in [0.3, 0.4) is 0 Å². The van der Waals surface area contributed by atoms with Gasteiger partial charge in [0.1, 0.15) is 0 Å². The molecule has 0 saturated carbocycles. The molecule has 15 heavy (non-hydrogen) atoms. The van der Waals surface area contributed by atoms with Gasteiger partial charge in [0.05, 0.1) is 0 Å². The van der Waals surface area contributed by atoms with Gasteiger partial charge in [0.2, 0.25) is 6.41 Å². The Morgan fingerprint density at radius 2 is 1.93 bits per heavy atom. The molecule has 0 aromatic heterocycles. The van der Waals surface area contributed by atoms with Crippen LogP contribution in [-0.2, 0) is 4.79 Å². The summed E-state index contributed by atoms with van der Waals surface area (Å²) in [5.74, 6) is 0. The van der Waals surface area contributed by atoms with Crippen LogP contribution in [0.2, 0.25) is 0 Å². The summed E-state index contributed by atoms with van der Waals surface area (Å²) in [6.07, 6.45) is 15.1. The van der Waals surface area contributed by atoms with E-state index in [0.717, 1.165) is 18.5 Å². The maximum absolute atomic E-state index is 10.9. The van der Waals surface area contributed by atoms with Crippen molar-refractivity contribution in [1.82, 2.24) is 4.90 Å². The summed E-state index contributed by atoms with van der Waals surface area (Å²) < 4.78 is 0. The number of hydrogen-bond acceptors (Lipinski definition) is 2. The van der Waals surface area contributed by atoms with Crippen molar-refractivity contribution < 1.29 is 4.79 Å². The number of amides is 1. The third-order valence-electron chi connectivity index (χ3n) is 2.04. The van der Waals surface area contributed by atoms with E-state index in [1.165, 1.54) is 0 Å². The Labute approximate surface area is 90.3 Å². The number of nitrogens with two attached hydrogens (primary N) is 1. The quantitative estimate of drug-likeness (QED) is 0.687. The molecule has 80 valence electrons. The number of carbonyl (C=O) groups is 1. The molecule has 3 nitrogen and oxygen atoms in total. The number of allylic oxidation sites excluding steroid dienone is 7. The van der Waals surface area contributed by atoms with Crippen LogP contribution in [0.5, 0.6) is 0 Å². The van der Waals surface area contributed by atoms with Gasteiger partial charge in [-0.3, -0.25) is 4.79 Å². The second-order valence-electron chi connectivity index (χ2n) is 3.16. The fourth-order valence-corrected chi connectivity index (χ4v) is 1.25. The normalized spacial score (nSPS) is 14.3. The molecule has 0 radical (unpaired) electrons. The first-order valence-corrected chi connectivity index (χ1v) is 5.02. The predicted molar refractivity (Wildman–Crippen MR) is 61.9 cm³/mol. The molecular weight excluding hydrogens is 188 g/mol. The SMILES string of the molecule is NCCCN(C=O)C1=CC=CC=CC=C1. The summed E-state index contributed by atoms with van der Waals surface area (Å²) in [4.78, 5) is 12.5. The minimum absolute atomic E-state index is 0.594. The van der Waals surface area contributed by atoms with Crippen molar-refractivity contribution in [3.8, 4) is 0 Å². The molecule has 0 unspecified atom stereocenters. The zero-order valence-corrected chi connectivity index (χ0v) is 8.67. The van der Waals surface area contributed by atoms with Gasteiger partial charge >= 0.3 is 0 Å². The molecule has 0 bridgehead atoms. The zero-order chi connectivity index (χ0) is 10.9.